The molecule has 1 aliphatic heterocycles. The molecule has 1 saturated heterocycles. The second-order valence-electron chi connectivity index (χ2n) is 8.49. The van der Waals surface area contributed by atoms with Gasteiger partial charge in [-0.1, -0.05) is 35.3 Å². The summed E-state index contributed by atoms with van der Waals surface area (Å²) in [6, 6.07) is 10.4. The summed E-state index contributed by atoms with van der Waals surface area (Å²) >= 11 is 12.0. The molecule has 1 heterocycles. The van der Waals surface area contributed by atoms with Gasteiger partial charge in [0, 0.05) is 32.7 Å². The number of carbonyl (C=O) groups excluding carboxylic acids is 1. The molecule has 0 saturated carbocycles. The van der Waals surface area contributed by atoms with Gasteiger partial charge in [-0.15, -0.1) is 0 Å². The summed E-state index contributed by atoms with van der Waals surface area (Å²) in [7, 11) is 0. The van der Waals surface area contributed by atoms with Gasteiger partial charge >= 0.3 is 11.8 Å². The van der Waals surface area contributed by atoms with Crippen LogP contribution in [0.3, 0.4) is 0 Å². The van der Waals surface area contributed by atoms with Crippen molar-refractivity contribution >= 4 is 46.4 Å². The Hall–Kier alpha value is -2.71. The van der Waals surface area contributed by atoms with Gasteiger partial charge in [0.1, 0.15) is 17.0 Å². The van der Waals surface area contributed by atoms with E-state index >= 15 is 0 Å². The Balaban J connectivity index is 1.73. The molecule has 1 fully saturated rings. The number of hydrogen-bond acceptors (Lipinski definition) is 6. The van der Waals surface area contributed by atoms with Crippen LogP contribution in [-0.4, -0.2) is 47.7 Å². The SMILES string of the molecule is CC(C)(C)OC(=O)N1CCN(c2cccc(NCc3ccc(Cl)c(Cl)c3)c2[N+](=O)[O-])CC1. The molecule has 10 heteroatoms. The number of nitro benzene ring substituents is 1. The van der Waals surface area contributed by atoms with Crippen LogP contribution in [0.5, 0.6) is 0 Å². The number of para-hydroxylation sites is 1. The predicted molar refractivity (Wildman–Crippen MR) is 127 cm³/mol. The topological polar surface area (TPSA) is 88.0 Å². The molecule has 2 aromatic rings. The lowest BCUT2D eigenvalue weighted by Crippen LogP contribution is -2.50. The number of anilines is 2. The average Bonchev–Trinajstić information content (AvgIpc) is 2.73. The number of nitrogens with one attached hydrogen (secondary N) is 1. The lowest BCUT2D eigenvalue weighted by molar-refractivity contribution is -0.383. The van der Waals surface area contributed by atoms with E-state index in [4.69, 9.17) is 27.9 Å². The van der Waals surface area contributed by atoms with E-state index in [1.54, 1.807) is 35.2 Å². The maximum absolute atomic E-state index is 12.3. The van der Waals surface area contributed by atoms with Crippen LogP contribution in [0, 0.1) is 10.1 Å². The fourth-order valence-corrected chi connectivity index (χ4v) is 3.75. The first-order valence-electron chi connectivity index (χ1n) is 10.2. The van der Waals surface area contributed by atoms with Crippen molar-refractivity contribution in [1.82, 2.24) is 4.90 Å². The highest BCUT2D eigenvalue weighted by atomic mass is 35.5. The van der Waals surface area contributed by atoms with Gasteiger partial charge in [-0.3, -0.25) is 10.1 Å². The summed E-state index contributed by atoms with van der Waals surface area (Å²) in [6.07, 6.45) is -0.372. The van der Waals surface area contributed by atoms with Crippen LogP contribution in [0.1, 0.15) is 26.3 Å². The van der Waals surface area contributed by atoms with Crippen LogP contribution < -0.4 is 10.2 Å². The van der Waals surface area contributed by atoms with Gasteiger partial charge in [0.05, 0.1) is 15.0 Å². The Kier molecular flexibility index (Phi) is 7.36. The molecule has 1 N–H and O–H groups in total. The molecule has 0 aromatic heterocycles. The van der Waals surface area contributed by atoms with E-state index in [-0.39, 0.29) is 16.7 Å². The first kappa shape index (κ1) is 23.9. The average molecular weight is 481 g/mol. The fraction of sp³-hybridized carbons (Fsp3) is 0.409. The number of hydrogen-bond donors (Lipinski definition) is 1. The highest BCUT2D eigenvalue weighted by Crippen LogP contribution is 2.36. The third-order valence-corrected chi connectivity index (χ3v) is 5.68. The quantitative estimate of drug-likeness (QED) is 0.444. The lowest BCUT2D eigenvalue weighted by atomic mass is 10.1. The molecule has 0 unspecified atom stereocenters. The summed E-state index contributed by atoms with van der Waals surface area (Å²) in [5, 5.41) is 16.0. The highest BCUT2D eigenvalue weighted by Gasteiger charge is 2.30. The van der Waals surface area contributed by atoms with Crippen molar-refractivity contribution in [1.29, 1.82) is 0 Å². The number of halogens is 2. The van der Waals surface area contributed by atoms with Gasteiger partial charge in [0.15, 0.2) is 0 Å². The first-order chi connectivity index (χ1) is 15.0. The molecular weight excluding hydrogens is 455 g/mol. The van der Waals surface area contributed by atoms with E-state index in [0.717, 1.165) is 5.56 Å². The molecule has 0 bridgehead atoms. The number of ether oxygens (including phenoxy) is 1. The standard InChI is InChI=1S/C22H26Cl2N4O4/c1-22(2,3)32-21(29)27-11-9-26(10-12-27)19-6-4-5-18(20(19)28(30)31)25-14-15-7-8-16(23)17(24)13-15/h4-8,13,25H,9-12,14H2,1-3H3. The van der Waals surface area contributed by atoms with Crippen molar-refractivity contribution < 1.29 is 14.5 Å². The Labute approximate surface area is 197 Å². The van der Waals surface area contributed by atoms with Gasteiger partial charge < -0.3 is 19.9 Å². The van der Waals surface area contributed by atoms with Crippen LogP contribution in [-0.2, 0) is 11.3 Å². The Bertz CT molecular complexity index is 1000. The van der Waals surface area contributed by atoms with E-state index in [0.29, 0.717) is 54.1 Å². The number of piperazine rings is 1. The van der Waals surface area contributed by atoms with Crippen molar-refractivity contribution in [3.8, 4) is 0 Å². The number of amides is 1. The van der Waals surface area contributed by atoms with E-state index < -0.39 is 5.60 Å². The fourth-order valence-electron chi connectivity index (χ4n) is 3.42. The smallest absolute Gasteiger partial charge is 0.410 e. The molecule has 1 aliphatic rings. The molecule has 32 heavy (non-hydrogen) atoms. The van der Waals surface area contributed by atoms with E-state index in [9.17, 15) is 14.9 Å². The zero-order valence-electron chi connectivity index (χ0n) is 18.2. The number of benzene rings is 2. The molecule has 172 valence electrons. The van der Waals surface area contributed by atoms with E-state index in [1.807, 2.05) is 31.7 Å². The third-order valence-electron chi connectivity index (χ3n) is 4.94. The highest BCUT2D eigenvalue weighted by molar-refractivity contribution is 6.42. The molecule has 3 rings (SSSR count). The Morgan fingerprint density at radius 1 is 1.12 bits per heavy atom. The molecule has 2 aromatic carbocycles. The minimum Gasteiger partial charge on any atom is -0.444 e. The van der Waals surface area contributed by atoms with Crippen molar-refractivity contribution in [2.75, 3.05) is 36.4 Å². The monoisotopic (exact) mass is 480 g/mol. The van der Waals surface area contributed by atoms with Crippen LogP contribution in [0.25, 0.3) is 0 Å². The largest absolute Gasteiger partial charge is 0.444 e. The Morgan fingerprint density at radius 2 is 1.81 bits per heavy atom. The van der Waals surface area contributed by atoms with Gasteiger partial charge in [0.25, 0.3) is 0 Å². The van der Waals surface area contributed by atoms with Crippen LogP contribution in [0.15, 0.2) is 36.4 Å². The normalized spacial score (nSPS) is 14.3. The number of carbonyl (C=O) groups is 1. The summed E-state index contributed by atoms with van der Waals surface area (Å²) in [5.74, 6) is 0. The van der Waals surface area contributed by atoms with Gasteiger partial charge in [-0.2, -0.15) is 0 Å². The van der Waals surface area contributed by atoms with Crippen LogP contribution >= 0.6 is 23.2 Å². The van der Waals surface area contributed by atoms with Gasteiger partial charge in [-0.25, -0.2) is 4.79 Å². The molecule has 8 nitrogen and oxygen atoms in total. The first-order valence-corrected chi connectivity index (χ1v) is 11.0. The number of nitro groups is 1. The van der Waals surface area contributed by atoms with E-state index in [1.165, 1.54) is 0 Å². The lowest BCUT2D eigenvalue weighted by Gasteiger charge is -2.36. The second-order valence-corrected chi connectivity index (χ2v) is 9.30. The van der Waals surface area contributed by atoms with Crippen molar-refractivity contribution in [2.24, 2.45) is 0 Å². The van der Waals surface area contributed by atoms with E-state index in [2.05, 4.69) is 5.32 Å². The maximum atomic E-state index is 12.3. The number of rotatable bonds is 5. The van der Waals surface area contributed by atoms with Gasteiger partial charge in [0.2, 0.25) is 0 Å². The van der Waals surface area contributed by atoms with Crippen molar-refractivity contribution in [3.05, 3.63) is 62.1 Å². The summed E-state index contributed by atoms with van der Waals surface area (Å²) in [4.78, 5) is 27.4. The zero-order chi connectivity index (χ0) is 23.5. The van der Waals surface area contributed by atoms with Crippen LogP contribution in [0.2, 0.25) is 10.0 Å². The van der Waals surface area contributed by atoms with Crippen molar-refractivity contribution in [3.63, 3.8) is 0 Å². The number of nitrogens with zero attached hydrogens (tertiary/aromatic N) is 3. The third kappa shape index (κ3) is 5.95. The predicted octanol–water partition coefficient (Wildman–Crippen LogP) is 5.57. The maximum Gasteiger partial charge on any atom is 0.410 e. The summed E-state index contributed by atoms with van der Waals surface area (Å²) in [6.45, 7) is 7.60. The molecule has 0 radical (unpaired) electrons. The molecular formula is C22H26Cl2N4O4. The minimum atomic E-state index is -0.568. The molecule has 0 atom stereocenters. The van der Waals surface area contributed by atoms with Crippen molar-refractivity contribution in [2.45, 2.75) is 32.9 Å². The van der Waals surface area contributed by atoms with Gasteiger partial charge in [-0.05, 0) is 50.6 Å². The second kappa shape index (κ2) is 9.83. The zero-order valence-corrected chi connectivity index (χ0v) is 19.7. The van der Waals surface area contributed by atoms with Crippen LogP contribution in [0.4, 0.5) is 21.9 Å². The minimum absolute atomic E-state index is 0.00159. The molecule has 1 amide bonds. The summed E-state index contributed by atoms with van der Waals surface area (Å²) < 4.78 is 5.42. The Morgan fingerprint density at radius 3 is 2.41 bits per heavy atom. The summed E-state index contributed by atoms with van der Waals surface area (Å²) in [5.41, 5.74) is 1.20. The molecule has 0 aliphatic carbocycles. The molecule has 0 spiro atoms.